The molecule has 1 spiro atoms. The number of nitrogens with one attached hydrogen (secondary N) is 1. The molecule has 146 valence electrons. The first kappa shape index (κ1) is 17.7. The first-order chi connectivity index (χ1) is 14.2. The van der Waals surface area contributed by atoms with Crippen LogP contribution in [0.5, 0.6) is 0 Å². The highest BCUT2D eigenvalue weighted by atomic mass is 16.2. The first-order valence-corrected chi connectivity index (χ1v) is 9.96. The minimum absolute atomic E-state index is 0.0658. The molecule has 1 aliphatic carbocycles. The van der Waals surface area contributed by atoms with Crippen molar-refractivity contribution in [2.24, 2.45) is 5.41 Å². The van der Waals surface area contributed by atoms with Crippen molar-refractivity contribution >= 4 is 22.8 Å². The van der Waals surface area contributed by atoms with Gasteiger partial charge in [-0.05, 0) is 36.6 Å². The quantitative estimate of drug-likeness (QED) is 0.748. The third-order valence-electron chi connectivity index (χ3n) is 6.05. The van der Waals surface area contributed by atoms with Crippen LogP contribution in [0.15, 0.2) is 42.9 Å². The summed E-state index contributed by atoms with van der Waals surface area (Å²) in [5, 5.41) is 9.85. The zero-order chi connectivity index (χ0) is 19.8. The molecule has 0 atom stereocenters. The lowest BCUT2D eigenvalue weighted by molar-refractivity contribution is 0.0741. The van der Waals surface area contributed by atoms with Crippen molar-refractivity contribution in [3.63, 3.8) is 0 Å². The maximum absolute atomic E-state index is 13.2. The van der Waals surface area contributed by atoms with Gasteiger partial charge in [0.25, 0.3) is 5.91 Å². The van der Waals surface area contributed by atoms with Gasteiger partial charge in [-0.15, -0.1) is 0 Å². The molecule has 0 radical (unpaired) electrons. The lowest BCUT2D eigenvalue weighted by atomic mass is 10.1. The monoisotopic (exact) mass is 386 g/mol. The molecule has 1 saturated heterocycles. The second-order valence-corrected chi connectivity index (χ2v) is 8.12. The molecule has 1 amide bonds. The van der Waals surface area contributed by atoms with E-state index in [1.807, 2.05) is 41.4 Å². The van der Waals surface area contributed by atoms with Gasteiger partial charge in [0.2, 0.25) is 0 Å². The van der Waals surface area contributed by atoms with Crippen molar-refractivity contribution in [1.82, 2.24) is 19.9 Å². The molecule has 29 heavy (non-hydrogen) atoms. The van der Waals surface area contributed by atoms with Crippen LogP contribution in [-0.4, -0.2) is 51.9 Å². The van der Waals surface area contributed by atoms with Gasteiger partial charge < -0.3 is 14.8 Å². The summed E-state index contributed by atoms with van der Waals surface area (Å²) in [6.07, 6.45) is 6.12. The summed E-state index contributed by atoms with van der Waals surface area (Å²) in [7, 11) is 0. The van der Waals surface area contributed by atoms with Crippen molar-refractivity contribution in [2.45, 2.75) is 19.3 Å². The van der Waals surface area contributed by atoms with Crippen LogP contribution in [0, 0.1) is 16.7 Å². The van der Waals surface area contributed by atoms with Crippen LogP contribution >= 0.6 is 0 Å². The number of amides is 1. The number of rotatable bonds is 3. The molecule has 2 fully saturated rings. The Morgan fingerprint density at radius 2 is 1.97 bits per heavy atom. The molecule has 1 aromatic carbocycles. The smallest absolute Gasteiger partial charge is 0.253 e. The van der Waals surface area contributed by atoms with Crippen LogP contribution in [0.1, 0.15) is 28.8 Å². The van der Waals surface area contributed by atoms with Crippen molar-refractivity contribution < 1.29 is 4.79 Å². The molecule has 1 N–H and O–H groups in total. The number of nitriles is 1. The summed E-state index contributed by atoms with van der Waals surface area (Å²) in [6, 6.07) is 11.6. The summed E-state index contributed by atoms with van der Waals surface area (Å²) < 4.78 is 0. The van der Waals surface area contributed by atoms with Gasteiger partial charge in [-0.3, -0.25) is 4.79 Å². The third kappa shape index (κ3) is 3.31. The third-order valence-corrected chi connectivity index (χ3v) is 6.05. The van der Waals surface area contributed by atoms with Crippen molar-refractivity contribution in [1.29, 1.82) is 5.26 Å². The van der Waals surface area contributed by atoms with Gasteiger partial charge in [-0.25, -0.2) is 9.97 Å². The molecular weight excluding hydrogens is 364 g/mol. The molecule has 0 unspecified atom stereocenters. The number of benzene rings is 1. The minimum atomic E-state index is 0.0658. The van der Waals surface area contributed by atoms with E-state index < -0.39 is 0 Å². The van der Waals surface area contributed by atoms with E-state index in [1.165, 1.54) is 0 Å². The summed E-state index contributed by atoms with van der Waals surface area (Å²) in [5.41, 5.74) is 2.62. The van der Waals surface area contributed by atoms with Crippen LogP contribution in [0.3, 0.4) is 0 Å². The van der Waals surface area contributed by atoms with Crippen molar-refractivity contribution in [2.75, 3.05) is 31.1 Å². The largest absolute Gasteiger partial charge is 0.354 e. The molecule has 3 aromatic rings. The van der Waals surface area contributed by atoms with Gasteiger partial charge in [-0.2, -0.15) is 5.26 Å². The Balaban J connectivity index is 1.38. The van der Waals surface area contributed by atoms with E-state index in [9.17, 15) is 4.79 Å². The normalized spacial score (nSPS) is 17.9. The molecule has 1 saturated carbocycles. The summed E-state index contributed by atoms with van der Waals surface area (Å²) in [5.74, 6) is 1.01. The fourth-order valence-corrected chi connectivity index (χ4v) is 4.26. The van der Waals surface area contributed by atoms with Gasteiger partial charge in [0.1, 0.15) is 17.8 Å². The molecule has 2 aromatic heterocycles. The maximum atomic E-state index is 13.2. The van der Waals surface area contributed by atoms with Crippen LogP contribution < -0.4 is 4.90 Å². The van der Waals surface area contributed by atoms with E-state index in [-0.39, 0.29) is 11.3 Å². The maximum Gasteiger partial charge on any atom is 0.253 e. The van der Waals surface area contributed by atoms with E-state index in [0.29, 0.717) is 18.5 Å². The highest BCUT2D eigenvalue weighted by molar-refractivity contribution is 5.94. The van der Waals surface area contributed by atoms with Gasteiger partial charge in [0, 0.05) is 43.4 Å². The lowest BCUT2D eigenvalue weighted by Gasteiger charge is -2.25. The Bertz CT molecular complexity index is 1090. The van der Waals surface area contributed by atoms with Crippen LogP contribution in [0.2, 0.25) is 0 Å². The highest BCUT2D eigenvalue weighted by Gasteiger charge is 2.48. The number of fused-ring (bicyclic) bond motifs is 1. The molecule has 3 heterocycles. The van der Waals surface area contributed by atoms with Crippen LogP contribution in [0.4, 0.5) is 5.82 Å². The van der Waals surface area contributed by atoms with E-state index in [2.05, 4.69) is 25.9 Å². The molecule has 2 aliphatic rings. The number of hydrogen-bond donors (Lipinski definition) is 1. The number of aromatic amines is 1. The SMILES string of the molecule is N#CCc1ccc(C(=O)N2CCN(c3ncnc4[nH]ccc34)CC3(CC3)C2)cc1. The molecule has 7 nitrogen and oxygen atoms in total. The Kier molecular flexibility index (Phi) is 4.20. The van der Waals surface area contributed by atoms with Crippen LogP contribution in [-0.2, 0) is 6.42 Å². The predicted octanol–water partition coefficient (Wildman–Crippen LogP) is 2.77. The number of hydrogen-bond acceptors (Lipinski definition) is 5. The average Bonchev–Trinajstić information content (AvgIpc) is 3.38. The summed E-state index contributed by atoms with van der Waals surface area (Å²) >= 11 is 0. The molecule has 7 heteroatoms. The van der Waals surface area contributed by atoms with Gasteiger partial charge in [-0.1, -0.05) is 12.1 Å². The number of aromatic nitrogens is 3. The van der Waals surface area contributed by atoms with Crippen molar-refractivity contribution in [3.05, 3.63) is 54.0 Å². The number of carbonyl (C=O) groups excluding carboxylic acids is 1. The standard InChI is InChI=1S/C22H22N6O/c23-9-5-16-1-3-17(4-2-16)21(29)28-12-11-27(13-22(14-28)7-8-22)20-18-6-10-24-19(18)25-15-26-20/h1-4,6,10,15H,5,7-8,11-14H2,(H,24,25,26). The second kappa shape index (κ2) is 6.89. The van der Waals surface area contributed by atoms with Gasteiger partial charge >= 0.3 is 0 Å². The predicted molar refractivity (Wildman–Crippen MR) is 109 cm³/mol. The molecule has 0 bridgehead atoms. The van der Waals surface area contributed by atoms with E-state index in [1.54, 1.807) is 6.33 Å². The Hall–Kier alpha value is -3.40. The van der Waals surface area contributed by atoms with Crippen molar-refractivity contribution in [3.8, 4) is 6.07 Å². The van der Waals surface area contributed by atoms with E-state index >= 15 is 0 Å². The number of H-pyrrole nitrogens is 1. The average molecular weight is 386 g/mol. The molecule has 5 rings (SSSR count). The Labute approximate surface area is 169 Å². The Morgan fingerprint density at radius 1 is 1.14 bits per heavy atom. The highest BCUT2D eigenvalue weighted by Crippen LogP contribution is 2.48. The molecular formula is C22H22N6O. The van der Waals surface area contributed by atoms with Gasteiger partial charge in [0.05, 0.1) is 17.9 Å². The Morgan fingerprint density at radius 3 is 2.72 bits per heavy atom. The second-order valence-electron chi connectivity index (χ2n) is 8.12. The fraction of sp³-hybridized carbons (Fsp3) is 0.364. The zero-order valence-corrected chi connectivity index (χ0v) is 16.1. The fourth-order valence-electron chi connectivity index (χ4n) is 4.26. The summed E-state index contributed by atoms with van der Waals surface area (Å²) in [4.78, 5) is 29.5. The number of anilines is 1. The number of carbonyl (C=O) groups is 1. The van der Waals surface area contributed by atoms with Gasteiger partial charge in [0.15, 0.2) is 0 Å². The van der Waals surface area contributed by atoms with E-state index in [0.717, 1.165) is 54.9 Å². The number of nitrogens with zero attached hydrogens (tertiary/aromatic N) is 5. The first-order valence-electron chi connectivity index (χ1n) is 9.96. The zero-order valence-electron chi connectivity index (χ0n) is 16.1. The van der Waals surface area contributed by atoms with E-state index in [4.69, 9.17) is 5.26 Å². The topological polar surface area (TPSA) is 88.9 Å². The molecule has 1 aliphatic heterocycles. The minimum Gasteiger partial charge on any atom is -0.354 e. The summed E-state index contributed by atoms with van der Waals surface area (Å²) in [6.45, 7) is 3.10. The van der Waals surface area contributed by atoms with Crippen LogP contribution in [0.25, 0.3) is 11.0 Å². The lowest BCUT2D eigenvalue weighted by Crippen LogP contribution is -2.36.